The Bertz CT molecular complexity index is 1050. The molecular weight excluding hydrogens is 420 g/mol. The molecule has 1 aliphatic carbocycles. The predicted molar refractivity (Wildman–Crippen MR) is 127 cm³/mol. The summed E-state index contributed by atoms with van der Waals surface area (Å²) >= 11 is 0.911. The molecule has 2 aromatic rings. The van der Waals surface area contributed by atoms with Crippen LogP contribution in [0.3, 0.4) is 0 Å². The van der Waals surface area contributed by atoms with E-state index in [9.17, 15) is 9.59 Å². The number of piperidine rings is 1. The van der Waals surface area contributed by atoms with Crippen LogP contribution in [0.5, 0.6) is 0 Å². The van der Waals surface area contributed by atoms with Gasteiger partial charge in [-0.2, -0.15) is 0 Å². The highest BCUT2D eigenvalue weighted by Gasteiger charge is 2.26. The molecule has 32 heavy (non-hydrogen) atoms. The Morgan fingerprint density at radius 3 is 2.59 bits per heavy atom. The van der Waals surface area contributed by atoms with E-state index in [1.54, 1.807) is 29.5 Å². The first-order chi connectivity index (χ1) is 15.6. The number of fused-ring (bicyclic) bond motifs is 1. The number of nitrogens with zero attached hydrogens (tertiary/aromatic N) is 3. The number of rotatable bonds is 5. The van der Waals surface area contributed by atoms with Crippen molar-refractivity contribution >= 4 is 34.9 Å². The normalized spacial score (nSPS) is 22.8. The number of aromatic nitrogens is 2. The highest BCUT2D eigenvalue weighted by Crippen LogP contribution is 2.32. The number of aryl methyl sites for hydroxylation is 1. The van der Waals surface area contributed by atoms with Gasteiger partial charge in [0.15, 0.2) is 0 Å². The zero-order valence-corrected chi connectivity index (χ0v) is 18.9. The summed E-state index contributed by atoms with van der Waals surface area (Å²) in [6.45, 7) is 1.93. The average Bonchev–Trinajstić information content (AvgIpc) is 3.14. The van der Waals surface area contributed by atoms with Gasteiger partial charge in [0.2, 0.25) is 5.95 Å². The molecule has 2 aliphatic heterocycles. The summed E-state index contributed by atoms with van der Waals surface area (Å²) in [5, 5.41) is 1.94. The van der Waals surface area contributed by atoms with Crippen molar-refractivity contribution in [3.05, 3.63) is 58.3 Å². The van der Waals surface area contributed by atoms with Gasteiger partial charge in [0, 0.05) is 19.3 Å². The van der Waals surface area contributed by atoms with Crippen molar-refractivity contribution in [2.24, 2.45) is 11.8 Å². The van der Waals surface area contributed by atoms with Gasteiger partial charge in [0.05, 0.1) is 10.6 Å². The number of nitrogens with one attached hydrogen (secondary N) is 1. The number of hydrogen-bond donors (Lipinski definition) is 1. The van der Waals surface area contributed by atoms with Crippen LogP contribution in [0.25, 0.3) is 6.08 Å². The Morgan fingerprint density at radius 1 is 1.03 bits per heavy atom. The second-order valence-electron chi connectivity index (χ2n) is 9.02. The quantitative estimate of drug-likeness (QED) is 0.674. The molecule has 1 aromatic heterocycles. The maximum Gasteiger partial charge on any atom is 0.290 e. The number of benzene rings is 1. The van der Waals surface area contributed by atoms with E-state index >= 15 is 0 Å². The fraction of sp³-hybridized carbons (Fsp3) is 0.440. The standard InChI is InChI=1S/C25H28N4O2S/c30-23-22(32-25(31)28-23)16-21-9-12-26-24(27-21)29-13-10-17(11-14-29)5-6-18-7-8-19-3-1-2-4-20(19)15-18/h1-4,9,12,16-18H,5-8,10-11,13-15H2,(H,28,30,31)/b22-16-. The second kappa shape index (κ2) is 9.45. The van der Waals surface area contributed by atoms with E-state index in [0.717, 1.165) is 36.7 Å². The number of hydrogen-bond acceptors (Lipinski definition) is 6. The van der Waals surface area contributed by atoms with Crippen molar-refractivity contribution in [2.45, 2.75) is 44.9 Å². The molecule has 1 N–H and O–H groups in total. The Kier molecular flexibility index (Phi) is 6.26. The third-order valence-electron chi connectivity index (χ3n) is 6.91. The molecule has 6 nitrogen and oxygen atoms in total. The minimum Gasteiger partial charge on any atom is -0.341 e. The lowest BCUT2D eigenvalue weighted by Crippen LogP contribution is -2.35. The highest BCUT2D eigenvalue weighted by atomic mass is 32.2. The van der Waals surface area contributed by atoms with E-state index in [1.165, 1.54) is 44.9 Å². The monoisotopic (exact) mass is 448 g/mol. The first kappa shape index (κ1) is 21.2. The summed E-state index contributed by atoms with van der Waals surface area (Å²) in [7, 11) is 0. The molecule has 3 aliphatic rings. The van der Waals surface area contributed by atoms with Crippen molar-refractivity contribution in [2.75, 3.05) is 18.0 Å². The third-order valence-corrected chi connectivity index (χ3v) is 7.73. The third kappa shape index (κ3) is 4.88. The minimum atomic E-state index is -0.359. The summed E-state index contributed by atoms with van der Waals surface area (Å²) in [5.74, 6) is 1.95. The molecule has 2 fully saturated rings. The Hall–Kier alpha value is -2.67. The molecule has 1 atom stereocenters. The van der Waals surface area contributed by atoms with Gasteiger partial charge in [-0.15, -0.1) is 0 Å². The molecule has 166 valence electrons. The second-order valence-corrected chi connectivity index (χ2v) is 10.0. The molecule has 2 saturated heterocycles. The van der Waals surface area contributed by atoms with Crippen LogP contribution < -0.4 is 10.2 Å². The average molecular weight is 449 g/mol. The maximum absolute atomic E-state index is 11.8. The zero-order chi connectivity index (χ0) is 21.9. The van der Waals surface area contributed by atoms with Crippen LogP contribution in [0.15, 0.2) is 41.4 Å². The van der Waals surface area contributed by atoms with E-state index in [0.29, 0.717) is 16.5 Å². The maximum atomic E-state index is 11.8. The van der Waals surface area contributed by atoms with Crippen LogP contribution >= 0.6 is 11.8 Å². The van der Waals surface area contributed by atoms with E-state index in [1.807, 2.05) is 0 Å². The molecule has 0 spiro atoms. The summed E-state index contributed by atoms with van der Waals surface area (Å²) in [5.41, 5.74) is 3.76. The molecule has 0 saturated carbocycles. The van der Waals surface area contributed by atoms with Crippen LogP contribution in [-0.4, -0.2) is 34.2 Å². The van der Waals surface area contributed by atoms with Gasteiger partial charge in [-0.05, 0) is 85.4 Å². The van der Waals surface area contributed by atoms with E-state index < -0.39 is 0 Å². The molecule has 1 unspecified atom stereocenters. The minimum absolute atomic E-state index is 0.338. The number of amides is 2. The van der Waals surface area contributed by atoms with Crippen molar-refractivity contribution in [3.8, 4) is 0 Å². The van der Waals surface area contributed by atoms with Crippen molar-refractivity contribution in [1.82, 2.24) is 15.3 Å². The van der Waals surface area contributed by atoms with Crippen LogP contribution in [0.2, 0.25) is 0 Å². The predicted octanol–water partition coefficient (Wildman–Crippen LogP) is 4.60. The number of imide groups is 1. The van der Waals surface area contributed by atoms with Crippen molar-refractivity contribution < 1.29 is 9.59 Å². The zero-order valence-electron chi connectivity index (χ0n) is 18.1. The molecule has 7 heteroatoms. The molecule has 5 rings (SSSR count). The van der Waals surface area contributed by atoms with Gasteiger partial charge in [0.25, 0.3) is 11.1 Å². The van der Waals surface area contributed by atoms with Crippen molar-refractivity contribution in [1.29, 1.82) is 0 Å². The summed E-state index contributed by atoms with van der Waals surface area (Å²) in [6.07, 6.45) is 12.2. The lowest BCUT2D eigenvalue weighted by Gasteiger charge is -2.33. The van der Waals surface area contributed by atoms with Gasteiger partial charge in [-0.3, -0.25) is 14.9 Å². The lowest BCUT2D eigenvalue weighted by molar-refractivity contribution is -0.115. The molecule has 0 radical (unpaired) electrons. The molecule has 0 bridgehead atoms. The number of carbonyl (C=O) groups excluding carboxylic acids is 2. The first-order valence-corrected chi connectivity index (χ1v) is 12.4. The van der Waals surface area contributed by atoms with Gasteiger partial charge in [-0.1, -0.05) is 30.7 Å². The van der Waals surface area contributed by atoms with E-state index in [2.05, 4.69) is 44.5 Å². The van der Waals surface area contributed by atoms with E-state index in [-0.39, 0.29) is 11.1 Å². The number of anilines is 1. The van der Waals surface area contributed by atoms with Gasteiger partial charge >= 0.3 is 0 Å². The van der Waals surface area contributed by atoms with Crippen LogP contribution in [-0.2, 0) is 17.6 Å². The number of carbonyl (C=O) groups is 2. The fourth-order valence-corrected chi connectivity index (χ4v) is 5.73. The summed E-state index contributed by atoms with van der Waals surface area (Å²) < 4.78 is 0. The Balaban J connectivity index is 1.12. The van der Waals surface area contributed by atoms with Crippen LogP contribution in [0.1, 0.15) is 48.9 Å². The summed E-state index contributed by atoms with van der Waals surface area (Å²) in [4.78, 5) is 34.8. The Morgan fingerprint density at radius 2 is 1.81 bits per heavy atom. The Labute approximate surface area is 192 Å². The molecule has 3 heterocycles. The SMILES string of the molecule is O=C1NC(=O)/C(=C/c2ccnc(N3CCC(CCC4CCc5ccccc5C4)CC3)n2)S1. The fourth-order valence-electron chi connectivity index (χ4n) is 5.06. The topological polar surface area (TPSA) is 75.2 Å². The molecular formula is C25H28N4O2S. The van der Waals surface area contributed by atoms with Crippen LogP contribution in [0.4, 0.5) is 10.7 Å². The van der Waals surface area contributed by atoms with Gasteiger partial charge in [0.1, 0.15) is 0 Å². The largest absolute Gasteiger partial charge is 0.341 e. The smallest absolute Gasteiger partial charge is 0.290 e. The van der Waals surface area contributed by atoms with Crippen molar-refractivity contribution in [3.63, 3.8) is 0 Å². The number of thioether (sulfide) groups is 1. The molecule has 2 amide bonds. The van der Waals surface area contributed by atoms with Gasteiger partial charge in [-0.25, -0.2) is 9.97 Å². The van der Waals surface area contributed by atoms with Gasteiger partial charge < -0.3 is 4.90 Å². The molecule has 1 aromatic carbocycles. The highest BCUT2D eigenvalue weighted by molar-refractivity contribution is 8.18. The van der Waals surface area contributed by atoms with Crippen LogP contribution in [0, 0.1) is 11.8 Å². The first-order valence-electron chi connectivity index (χ1n) is 11.5. The van der Waals surface area contributed by atoms with E-state index in [4.69, 9.17) is 0 Å². The summed E-state index contributed by atoms with van der Waals surface area (Å²) in [6, 6.07) is 10.7. The lowest BCUT2D eigenvalue weighted by atomic mass is 9.79.